The zero-order chi connectivity index (χ0) is 7.82. The van der Waals surface area contributed by atoms with Crippen molar-refractivity contribution in [2.24, 2.45) is 0 Å². The number of hydrogen-bond acceptors (Lipinski definition) is 3. The van der Waals surface area contributed by atoms with Crippen LogP contribution < -0.4 is 0 Å². The lowest BCUT2D eigenvalue weighted by atomic mass is 10.3. The first-order valence-corrected chi connectivity index (χ1v) is 3.28. The fourth-order valence-electron chi connectivity index (χ4n) is 0.520. The number of nitriles is 1. The van der Waals surface area contributed by atoms with Gasteiger partial charge in [0.1, 0.15) is 0 Å². The van der Waals surface area contributed by atoms with Crippen molar-refractivity contribution in [3.63, 3.8) is 0 Å². The van der Waals surface area contributed by atoms with Crippen LogP contribution in [0.1, 0.15) is 13.3 Å². The predicted octanol–water partition coefficient (Wildman–Crippen LogP) is 0.952. The fraction of sp³-hybridized carbons (Fsp3) is 0.857. The molecule has 0 aromatic heterocycles. The highest BCUT2D eigenvalue weighted by molar-refractivity contribution is 4.72. The van der Waals surface area contributed by atoms with Crippen molar-refractivity contribution < 1.29 is 9.47 Å². The Kier molecular flexibility index (Phi) is 6.14. The van der Waals surface area contributed by atoms with Crippen LogP contribution in [0, 0.1) is 11.3 Å². The van der Waals surface area contributed by atoms with E-state index in [-0.39, 0.29) is 6.10 Å². The summed E-state index contributed by atoms with van der Waals surface area (Å²) in [5.41, 5.74) is 0. The van der Waals surface area contributed by atoms with Gasteiger partial charge in [-0.15, -0.1) is 0 Å². The summed E-state index contributed by atoms with van der Waals surface area (Å²) in [7, 11) is 1.62. The predicted molar refractivity (Wildman–Crippen MR) is 37.5 cm³/mol. The van der Waals surface area contributed by atoms with Crippen LogP contribution in [-0.2, 0) is 9.47 Å². The van der Waals surface area contributed by atoms with Gasteiger partial charge >= 0.3 is 0 Å². The maximum Gasteiger partial charge on any atom is 0.0704 e. The number of methoxy groups -OCH3 is 1. The molecule has 0 aliphatic rings. The molecule has 0 bridgehead atoms. The molecule has 0 fully saturated rings. The van der Waals surface area contributed by atoms with Gasteiger partial charge in [-0.25, -0.2) is 0 Å². The molecular weight excluding hydrogens is 130 g/mol. The number of ether oxygens (including phenoxy) is 2. The smallest absolute Gasteiger partial charge is 0.0704 e. The summed E-state index contributed by atoms with van der Waals surface area (Å²) in [6, 6.07) is 2.03. The zero-order valence-electron chi connectivity index (χ0n) is 6.46. The Morgan fingerprint density at radius 3 is 2.70 bits per heavy atom. The first-order chi connectivity index (χ1) is 4.81. The van der Waals surface area contributed by atoms with Gasteiger partial charge in [0, 0.05) is 7.11 Å². The minimum atomic E-state index is 0.0279. The second-order valence-electron chi connectivity index (χ2n) is 2.04. The highest BCUT2D eigenvalue weighted by atomic mass is 16.5. The van der Waals surface area contributed by atoms with Gasteiger partial charge in [-0.1, -0.05) is 0 Å². The summed E-state index contributed by atoms with van der Waals surface area (Å²) in [5, 5.41) is 8.23. The average Bonchev–Trinajstić information content (AvgIpc) is 1.89. The fourth-order valence-corrected chi connectivity index (χ4v) is 0.520. The van der Waals surface area contributed by atoms with Crippen molar-refractivity contribution in [1.82, 2.24) is 0 Å². The quantitative estimate of drug-likeness (QED) is 0.538. The van der Waals surface area contributed by atoms with E-state index in [1.165, 1.54) is 0 Å². The molecule has 0 amide bonds. The van der Waals surface area contributed by atoms with Gasteiger partial charge in [0.15, 0.2) is 0 Å². The van der Waals surface area contributed by atoms with Gasteiger partial charge in [-0.05, 0) is 6.92 Å². The lowest BCUT2D eigenvalue weighted by Crippen LogP contribution is -2.11. The van der Waals surface area contributed by atoms with Crippen LogP contribution in [0.15, 0.2) is 0 Å². The molecule has 1 unspecified atom stereocenters. The SMILES string of the molecule is COCCOC(C)CC#N. The normalized spacial score (nSPS) is 12.5. The Bertz CT molecular complexity index is 109. The molecule has 0 saturated carbocycles. The highest BCUT2D eigenvalue weighted by Crippen LogP contribution is 1.94. The van der Waals surface area contributed by atoms with Crippen molar-refractivity contribution >= 4 is 0 Å². The monoisotopic (exact) mass is 143 g/mol. The molecule has 0 rings (SSSR count). The van der Waals surface area contributed by atoms with Crippen molar-refractivity contribution in [1.29, 1.82) is 5.26 Å². The number of rotatable bonds is 5. The summed E-state index contributed by atoms with van der Waals surface area (Å²) in [6.07, 6.45) is 0.476. The lowest BCUT2D eigenvalue weighted by molar-refractivity contribution is 0.0287. The third-order valence-electron chi connectivity index (χ3n) is 1.07. The molecule has 0 aromatic rings. The Morgan fingerprint density at radius 2 is 2.20 bits per heavy atom. The first-order valence-electron chi connectivity index (χ1n) is 3.28. The van der Waals surface area contributed by atoms with Gasteiger partial charge in [-0.3, -0.25) is 0 Å². The molecule has 0 aliphatic heterocycles. The largest absolute Gasteiger partial charge is 0.382 e. The third kappa shape index (κ3) is 5.54. The van der Waals surface area contributed by atoms with E-state index in [0.717, 1.165) is 0 Å². The minimum Gasteiger partial charge on any atom is -0.382 e. The van der Waals surface area contributed by atoms with Gasteiger partial charge < -0.3 is 9.47 Å². The van der Waals surface area contributed by atoms with Crippen molar-refractivity contribution in [2.75, 3.05) is 20.3 Å². The van der Waals surface area contributed by atoms with Crippen molar-refractivity contribution in [2.45, 2.75) is 19.4 Å². The van der Waals surface area contributed by atoms with Crippen LogP contribution >= 0.6 is 0 Å². The molecule has 0 heterocycles. The van der Waals surface area contributed by atoms with Gasteiger partial charge in [-0.2, -0.15) is 5.26 Å². The van der Waals surface area contributed by atoms with E-state index in [4.69, 9.17) is 14.7 Å². The van der Waals surface area contributed by atoms with E-state index in [1.807, 2.05) is 13.0 Å². The van der Waals surface area contributed by atoms with Crippen molar-refractivity contribution in [3.8, 4) is 6.07 Å². The van der Waals surface area contributed by atoms with Crippen LogP contribution in [-0.4, -0.2) is 26.4 Å². The zero-order valence-corrected chi connectivity index (χ0v) is 6.46. The molecule has 0 spiro atoms. The summed E-state index contributed by atoms with van der Waals surface area (Å²) >= 11 is 0. The van der Waals surface area contributed by atoms with Crippen LogP contribution in [0.5, 0.6) is 0 Å². The van der Waals surface area contributed by atoms with E-state index in [2.05, 4.69) is 0 Å². The molecule has 0 N–H and O–H groups in total. The summed E-state index contributed by atoms with van der Waals surface area (Å²) in [5.74, 6) is 0. The van der Waals surface area contributed by atoms with E-state index in [0.29, 0.717) is 19.6 Å². The average molecular weight is 143 g/mol. The van der Waals surface area contributed by atoms with E-state index in [9.17, 15) is 0 Å². The van der Waals surface area contributed by atoms with Crippen LogP contribution in [0.4, 0.5) is 0 Å². The summed E-state index contributed by atoms with van der Waals surface area (Å²) in [4.78, 5) is 0. The Balaban J connectivity index is 3.06. The standard InChI is InChI=1S/C7H13NO2/c1-7(3-4-8)10-6-5-9-2/h7H,3,5-6H2,1-2H3. The maximum absolute atomic E-state index is 8.23. The van der Waals surface area contributed by atoms with Crippen molar-refractivity contribution in [3.05, 3.63) is 0 Å². The summed E-state index contributed by atoms with van der Waals surface area (Å²) in [6.45, 7) is 3.04. The third-order valence-corrected chi connectivity index (χ3v) is 1.07. The maximum atomic E-state index is 8.23. The topological polar surface area (TPSA) is 42.2 Å². The molecule has 3 heteroatoms. The van der Waals surface area contributed by atoms with E-state index < -0.39 is 0 Å². The minimum absolute atomic E-state index is 0.0279. The molecule has 58 valence electrons. The molecule has 0 aliphatic carbocycles. The second kappa shape index (κ2) is 6.53. The Labute approximate surface area is 61.5 Å². The Hall–Kier alpha value is -0.590. The second-order valence-corrected chi connectivity index (χ2v) is 2.04. The number of nitrogens with zero attached hydrogens (tertiary/aromatic N) is 1. The molecular formula is C7H13NO2. The van der Waals surface area contributed by atoms with E-state index >= 15 is 0 Å². The van der Waals surface area contributed by atoms with Crippen LogP contribution in [0.3, 0.4) is 0 Å². The molecule has 3 nitrogen and oxygen atoms in total. The van der Waals surface area contributed by atoms with Gasteiger partial charge in [0.2, 0.25) is 0 Å². The van der Waals surface area contributed by atoms with Crippen LogP contribution in [0.2, 0.25) is 0 Å². The molecule has 0 aromatic carbocycles. The summed E-state index contributed by atoms with van der Waals surface area (Å²) < 4.78 is 9.94. The van der Waals surface area contributed by atoms with Gasteiger partial charge in [0.25, 0.3) is 0 Å². The first kappa shape index (κ1) is 9.41. The molecule has 0 saturated heterocycles. The lowest BCUT2D eigenvalue weighted by Gasteiger charge is -2.07. The molecule has 0 radical (unpaired) electrons. The van der Waals surface area contributed by atoms with E-state index in [1.54, 1.807) is 7.11 Å². The Morgan fingerprint density at radius 1 is 1.50 bits per heavy atom. The van der Waals surface area contributed by atoms with Crippen LogP contribution in [0.25, 0.3) is 0 Å². The van der Waals surface area contributed by atoms with Gasteiger partial charge in [0.05, 0.1) is 31.8 Å². The highest BCUT2D eigenvalue weighted by Gasteiger charge is 1.98. The number of hydrogen-bond donors (Lipinski definition) is 0. The molecule has 1 atom stereocenters. The molecule has 10 heavy (non-hydrogen) atoms.